The van der Waals surface area contributed by atoms with Crippen molar-refractivity contribution in [3.63, 3.8) is 0 Å². The van der Waals surface area contributed by atoms with Crippen molar-refractivity contribution in [2.24, 2.45) is 0 Å². The largest absolute Gasteiger partial charge is 0.365 e. The van der Waals surface area contributed by atoms with Crippen molar-refractivity contribution in [1.29, 1.82) is 0 Å². The highest BCUT2D eigenvalue weighted by Crippen LogP contribution is 2.19. The number of nitrogens with one attached hydrogen (secondary N) is 2. The predicted molar refractivity (Wildman–Crippen MR) is 79.4 cm³/mol. The van der Waals surface area contributed by atoms with Crippen LogP contribution >= 0.6 is 11.3 Å². The fourth-order valence-corrected chi connectivity index (χ4v) is 3.11. The first-order valence-electron chi connectivity index (χ1n) is 6.43. The molecular weight excluding hydrogens is 274 g/mol. The summed E-state index contributed by atoms with van der Waals surface area (Å²) in [6.45, 7) is 4.67. The van der Waals surface area contributed by atoms with Crippen molar-refractivity contribution in [2.45, 2.75) is 26.8 Å². The lowest BCUT2D eigenvalue weighted by Gasteiger charge is -2.07. The van der Waals surface area contributed by atoms with E-state index in [-0.39, 0.29) is 5.69 Å². The first-order chi connectivity index (χ1) is 9.69. The minimum Gasteiger partial charge on any atom is -0.365 e. The molecule has 0 saturated carbocycles. The summed E-state index contributed by atoms with van der Waals surface area (Å²) in [6.07, 6.45) is 1.03. The van der Waals surface area contributed by atoms with Crippen LogP contribution in [-0.4, -0.2) is 19.6 Å². The standard InChI is InChI=1S/C13H15N5OS/c1-3-9-4-5-20-10(9)7-14-11-6-12-16-17-13(19)18(12)8(2)15-11/h4-6,14H,3,7H2,1-2H3,(H,17,19). The van der Waals surface area contributed by atoms with Gasteiger partial charge in [-0.05, 0) is 30.4 Å². The predicted octanol–water partition coefficient (Wildman–Crippen LogP) is 1.96. The minimum atomic E-state index is -0.261. The number of rotatable bonds is 4. The van der Waals surface area contributed by atoms with Gasteiger partial charge in [-0.25, -0.2) is 19.3 Å². The molecule has 3 heterocycles. The summed E-state index contributed by atoms with van der Waals surface area (Å²) >= 11 is 1.74. The van der Waals surface area contributed by atoms with E-state index in [0.29, 0.717) is 11.5 Å². The van der Waals surface area contributed by atoms with Gasteiger partial charge in [0.2, 0.25) is 0 Å². The normalized spacial score (nSPS) is 11.1. The second-order valence-corrected chi connectivity index (χ2v) is 5.49. The molecule has 3 rings (SSSR count). The molecule has 0 radical (unpaired) electrons. The Kier molecular flexibility index (Phi) is 3.27. The van der Waals surface area contributed by atoms with E-state index in [1.165, 1.54) is 14.8 Å². The van der Waals surface area contributed by atoms with Gasteiger partial charge < -0.3 is 5.32 Å². The number of aromatic nitrogens is 4. The molecule has 0 fully saturated rings. The molecular formula is C13H15N5OS. The lowest BCUT2D eigenvalue weighted by atomic mass is 10.2. The van der Waals surface area contributed by atoms with Crippen LogP contribution in [-0.2, 0) is 13.0 Å². The molecule has 0 saturated heterocycles. The van der Waals surface area contributed by atoms with Crippen LogP contribution in [0.25, 0.3) is 5.65 Å². The minimum absolute atomic E-state index is 0.261. The molecule has 0 bridgehead atoms. The van der Waals surface area contributed by atoms with Gasteiger partial charge >= 0.3 is 5.69 Å². The summed E-state index contributed by atoms with van der Waals surface area (Å²) in [5.74, 6) is 1.34. The van der Waals surface area contributed by atoms with Crippen LogP contribution in [0.15, 0.2) is 22.3 Å². The van der Waals surface area contributed by atoms with Crippen LogP contribution in [0, 0.1) is 6.92 Å². The Balaban J connectivity index is 1.86. The summed E-state index contributed by atoms with van der Waals surface area (Å²) in [7, 11) is 0. The highest BCUT2D eigenvalue weighted by atomic mass is 32.1. The Bertz CT molecular complexity index is 801. The van der Waals surface area contributed by atoms with Crippen molar-refractivity contribution in [1.82, 2.24) is 19.6 Å². The van der Waals surface area contributed by atoms with Crippen LogP contribution in [0.4, 0.5) is 5.82 Å². The zero-order valence-electron chi connectivity index (χ0n) is 11.3. The first kappa shape index (κ1) is 12.9. The maximum absolute atomic E-state index is 11.5. The molecule has 0 amide bonds. The number of aromatic amines is 1. The smallest absolute Gasteiger partial charge is 0.349 e. The Morgan fingerprint density at radius 3 is 3.15 bits per heavy atom. The van der Waals surface area contributed by atoms with E-state index in [9.17, 15) is 4.79 Å². The van der Waals surface area contributed by atoms with Crippen molar-refractivity contribution in [3.05, 3.63) is 44.3 Å². The second kappa shape index (κ2) is 5.09. The Morgan fingerprint density at radius 1 is 1.50 bits per heavy atom. The number of hydrogen-bond donors (Lipinski definition) is 2. The van der Waals surface area contributed by atoms with Gasteiger partial charge in [0.15, 0.2) is 5.65 Å². The lowest BCUT2D eigenvalue weighted by Crippen LogP contribution is -2.14. The zero-order chi connectivity index (χ0) is 14.1. The Labute approximate surface area is 119 Å². The maximum atomic E-state index is 11.5. The quantitative estimate of drug-likeness (QED) is 0.770. The van der Waals surface area contributed by atoms with Gasteiger partial charge in [-0.1, -0.05) is 6.92 Å². The lowest BCUT2D eigenvalue weighted by molar-refractivity contribution is 0.931. The summed E-state index contributed by atoms with van der Waals surface area (Å²) in [6, 6.07) is 3.92. The molecule has 3 aromatic rings. The van der Waals surface area contributed by atoms with E-state index >= 15 is 0 Å². The number of anilines is 1. The molecule has 0 aromatic carbocycles. The van der Waals surface area contributed by atoms with Crippen LogP contribution in [0.2, 0.25) is 0 Å². The number of hydrogen-bond acceptors (Lipinski definition) is 5. The van der Waals surface area contributed by atoms with E-state index in [2.05, 4.69) is 38.9 Å². The van der Waals surface area contributed by atoms with Crippen molar-refractivity contribution < 1.29 is 0 Å². The molecule has 0 aliphatic heterocycles. The Hall–Kier alpha value is -2.15. The van der Waals surface area contributed by atoms with E-state index in [1.807, 2.05) is 0 Å². The van der Waals surface area contributed by atoms with Crippen LogP contribution < -0.4 is 11.0 Å². The first-order valence-corrected chi connectivity index (χ1v) is 7.31. The molecule has 6 nitrogen and oxygen atoms in total. The van der Waals surface area contributed by atoms with Crippen molar-refractivity contribution >= 4 is 22.8 Å². The molecule has 104 valence electrons. The molecule has 2 N–H and O–H groups in total. The van der Waals surface area contributed by atoms with Gasteiger partial charge in [0.25, 0.3) is 0 Å². The Morgan fingerprint density at radius 2 is 2.35 bits per heavy atom. The van der Waals surface area contributed by atoms with Crippen LogP contribution in [0.5, 0.6) is 0 Å². The van der Waals surface area contributed by atoms with Gasteiger partial charge in [-0.15, -0.1) is 11.3 Å². The molecule has 0 aliphatic rings. The van der Waals surface area contributed by atoms with Gasteiger partial charge in [0.05, 0.1) is 6.54 Å². The topological polar surface area (TPSA) is 75.1 Å². The van der Waals surface area contributed by atoms with Gasteiger partial charge in [-0.3, -0.25) is 0 Å². The number of fused-ring (bicyclic) bond motifs is 1. The van der Waals surface area contributed by atoms with Gasteiger partial charge in [-0.2, -0.15) is 5.10 Å². The molecule has 0 unspecified atom stereocenters. The van der Waals surface area contributed by atoms with Crippen LogP contribution in [0.3, 0.4) is 0 Å². The number of thiophene rings is 1. The van der Waals surface area contributed by atoms with Gasteiger partial charge in [0.1, 0.15) is 11.6 Å². The molecule has 0 spiro atoms. The zero-order valence-corrected chi connectivity index (χ0v) is 12.1. The highest BCUT2D eigenvalue weighted by molar-refractivity contribution is 7.10. The molecule has 3 aromatic heterocycles. The van der Waals surface area contributed by atoms with E-state index in [0.717, 1.165) is 18.8 Å². The van der Waals surface area contributed by atoms with E-state index in [4.69, 9.17) is 0 Å². The number of aryl methyl sites for hydroxylation is 2. The molecule has 20 heavy (non-hydrogen) atoms. The molecule has 0 aliphatic carbocycles. The summed E-state index contributed by atoms with van der Waals surface area (Å²) in [5.41, 5.74) is 1.67. The van der Waals surface area contributed by atoms with Crippen LogP contribution in [0.1, 0.15) is 23.2 Å². The summed E-state index contributed by atoms with van der Waals surface area (Å²) in [5, 5.41) is 11.8. The second-order valence-electron chi connectivity index (χ2n) is 4.49. The fourth-order valence-electron chi connectivity index (χ4n) is 2.20. The highest BCUT2D eigenvalue weighted by Gasteiger charge is 2.08. The number of H-pyrrole nitrogens is 1. The van der Waals surface area contributed by atoms with E-state index < -0.39 is 0 Å². The molecule has 7 heteroatoms. The maximum Gasteiger partial charge on any atom is 0.349 e. The molecule has 0 atom stereocenters. The summed E-state index contributed by atoms with van der Waals surface area (Å²) < 4.78 is 1.45. The monoisotopic (exact) mass is 289 g/mol. The van der Waals surface area contributed by atoms with Crippen molar-refractivity contribution in [2.75, 3.05) is 5.32 Å². The average Bonchev–Trinajstić information content (AvgIpc) is 3.03. The number of nitrogens with zero attached hydrogens (tertiary/aromatic N) is 3. The third-order valence-corrected chi connectivity index (χ3v) is 4.18. The van der Waals surface area contributed by atoms with E-state index in [1.54, 1.807) is 24.3 Å². The summed E-state index contributed by atoms with van der Waals surface area (Å²) in [4.78, 5) is 17.2. The fraction of sp³-hybridized carbons (Fsp3) is 0.308. The third-order valence-electron chi connectivity index (χ3n) is 3.22. The average molecular weight is 289 g/mol. The van der Waals surface area contributed by atoms with Gasteiger partial charge in [0, 0.05) is 10.9 Å². The third kappa shape index (κ3) is 2.20. The van der Waals surface area contributed by atoms with Crippen molar-refractivity contribution in [3.8, 4) is 0 Å². The SMILES string of the molecule is CCc1ccsc1CNc1cc2n[nH]c(=O)n2c(C)n1.